The highest BCUT2D eigenvalue weighted by atomic mass is 15.0. The van der Waals surface area contributed by atoms with Gasteiger partial charge in [-0.15, -0.1) is 0 Å². The van der Waals surface area contributed by atoms with Gasteiger partial charge in [-0.05, 0) is 37.6 Å². The van der Waals surface area contributed by atoms with Gasteiger partial charge in [-0.25, -0.2) is 4.98 Å². The highest BCUT2D eigenvalue weighted by Crippen LogP contribution is 2.27. The Labute approximate surface area is 95.3 Å². The molecular weight excluding hydrogens is 198 g/mol. The lowest BCUT2D eigenvalue weighted by Gasteiger charge is -2.31. The fraction of sp³-hybridized carbons (Fsp3) is 0.462. The summed E-state index contributed by atoms with van der Waals surface area (Å²) in [5.41, 5.74) is 3.53. The van der Waals surface area contributed by atoms with Crippen LogP contribution in [0.2, 0.25) is 0 Å². The quantitative estimate of drug-likeness (QED) is 0.806. The van der Waals surface area contributed by atoms with E-state index in [2.05, 4.69) is 42.3 Å². The number of nitrogens with one attached hydrogen (secondary N) is 2. The van der Waals surface area contributed by atoms with Gasteiger partial charge in [-0.2, -0.15) is 0 Å². The summed E-state index contributed by atoms with van der Waals surface area (Å²) < 4.78 is 0. The molecule has 3 nitrogen and oxygen atoms in total. The summed E-state index contributed by atoms with van der Waals surface area (Å²) in [7, 11) is 0. The van der Waals surface area contributed by atoms with E-state index in [1.165, 1.54) is 5.56 Å². The molecule has 1 aliphatic heterocycles. The highest BCUT2D eigenvalue weighted by molar-refractivity contribution is 5.78. The van der Waals surface area contributed by atoms with Crippen molar-refractivity contribution in [1.29, 1.82) is 0 Å². The third-order valence-corrected chi connectivity index (χ3v) is 3.68. The molecule has 0 amide bonds. The van der Waals surface area contributed by atoms with Gasteiger partial charge < -0.3 is 10.3 Å². The maximum absolute atomic E-state index is 4.73. The summed E-state index contributed by atoms with van der Waals surface area (Å²) in [5, 5.41) is 3.32. The molecule has 16 heavy (non-hydrogen) atoms. The molecule has 0 bridgehead atoms. The van der Waals surface area contributed by atoms with E-state index >= 15 is 0 Å². The zero-order valence-electron chi connectivity index (χ0n) is 9.75. The zero-order valence-corrected chi connectivity index (χ0v) is 9.75. The van der Waals surface area contributed by atoms with Gasteiger partial charge >= 0.3 is 0 Å². The SMILES string of the molecule is Cc1cccc2[nH]c(C(C)C3CNC3)nc12. The second-order valence-electron chi connectivity index (χ2n) is 4.80. The highest BCUT2D eigenvalue weighted by Gasteiger charge is 2.26. The fourth-order valence-electron chi connectivity index (χ4n) is 2.30. The Morgan fingerprint density at radius 3 is 2.81 bits per heavy atom. The van der Waals surface area contributed by atoms with Crippen LogP contribution < -0.4 is 5.32 Å². The zero-order chi connectivity index (χ0) is 11.1. The average Bonchev–Trinajstić information content (AvgIpc) is 2.60. The van der Waals surface area contributed by atoms with Gasteiger partial charge in [0.2, 0.25) is 0 Å². The third-order valence-electron chi connectivity index (χ3n) is 3.68. The van der Waals surface area contributed by atoms with Crippen LogP contribution in [0.25, 0.3) is 11.0 Å². The first kappa shape index (κ1) is 9.85. The van der Waals surface area contributed by atoms with Crippen LogP contribution in [0.1, 0.15) is 24.2 Å². The van der Waals surface area contributed by atoms with Crippen molar-refractivity contribution >= 4 is 11.0 Å². The first-order valence-electron chi connectivity index (χ1n) is 5.91. The van der Waals surface area contributed by atoms with Crippen LogP contribution in [0.5, 0.6) is 0 Å². The summed E-state index contributed by atoms with van der Waals surface area (Å²) in [6.45, 7) is 6.62. The molecule has 0 aliphatic carbocycles. The number of rotatable bonds is 2. The second-order valence-corrected chi connectivity index (χ2v) is 4.80. The summed E-state index contributed by atoms with van der Waals surface area (Å²) in [5.74, 6) is 2.39. The van der Waals surface area contributed by atoms with Crippen molar-refractivity contribution in [2.45, 2.75) is 19.8 Å². The van der Waals surface area contributed by atoms with Crippen molar-refractivity contribution in [3.8, 4) is 0 Å². The number of hydrogen-bond donors (Lipinski definition) is 2. The van der Waals surface area contributed by atoms with E-state index in [1.807, 2.05) is 0 Å². The number of H-pyrrole nitrogens is 1. The fourth-order valence-corrected chi connectivity index (χ4v) is 2.30. The monoisotopic (exact) mass is 215 g/mol. The summed E-state index contributed by atoms with van der Waals surface area (Å²) in [4.78, 5) is 8.18. The van der Waals surface area contributed by atoms with Crippen LogP contribution in [0, 0.1) is 12.8 Å². The molecule has 1 unspecified atom stereocenters. The summed E-state index contributed by atoms with van der Waals surface area (Å²) in [6.07, 6.45) is 0. The van der Waals surface area contributed by atoms with Gasteiger partial charge in [-0.3, -0.25) is 0 Å². The predicted molar refractivity (Wildman–Crippen MR) is 65.6 cm³/mol. The van der Waals surface area contributed by atoms with Crippen LogP contribution in [0.15, 0.2) is 18.2 Å². The summed E-state index contributed by atoms with van der Waals surface area (Å²) in [6, 6.07) is 6.29. The van der Waals surface area contributed by atoms with Crippen molar-refractivity contribution in [3.63, 3.8) is 0 Å². The lowest BCUT2D eigenvalue weighted by Crippen LogP contribution is -2.44. The van der Waals surface area contributed by atoms with Gasteiger partial charge in [0.15, 0.2) is 0 Å². The predicted octanol–water partition coefficient (Wildman–Crippen LogP) is 2.19. The largest absolute Gasteiger partial charge is 0.342 e. The van der Waals surface area contributed by atoms with Crippen molar-refractivity contribution in [2.24, 2.45) is 5.92 Å². The van der Waals surface area contributed by atoms with Crippen molar-refractivity contribution in [2.75, 3.05) is 13.1 Å². The molecule has 0 saturated carbocycles. The Morgan fingerprint density at radius 2 is 2.19 bits per heavy atom. The minimum absolute atomic E-state index is 0.521. The molecule has 1 aromatic carbocycles. The number of fused-ring (bicyclic) bond motifs is 1. The molecule has 1 fully saturated rings. The maximum atomic E-state index is 4.73. The molecule has 1 aromatic heterocycles. The van der Waals surface area contributed by atoms with E-state index in [1.54, 1.807) is 0 Å². The number of para-hydroxylation sites is 1. The van der Waals surface area contributed by atoms with E-state index in [0.29, 0.717) is 5.92 Å². The molecule has 0 spiro atoms. The Balaban J connectivity index is 2.01. The minimum atomic E-state index is 0.521. The molecular formula is C13H17N3. The van der Waals surface area contributed by atoms with Crippen LogP contribution in [0.3, 0.4) is 0 Å². The molecule has 3 rings (SSSR count). The second kappa shape index (κ2) is 3.59. The molecule has 2 heterocycles. The standard InChI is InChI=1S/C13H17N3/c1-8-4-3-5-11-12(8)16-13(15-11)9(2)10-6-14-7-10/h3-5,9-10,14H,6-7H2,1-2H3,(H,15,16). The lowest BCUT2D eigenvalue weighted by atomic mass is 9.88. The maximum Gasteiger partial charge on any atom is 0.110 e. The molecule has 2 aromatic rings. The number of nitrogens with zero attached hydrogens (tertiary/aromatic N) is 1. The van der Waals surface area contributed by atoms with Gasteiger partial charge in [0.25, 0.3) is 0 Å². The Kier molecular flexibility index (Phi) is 2.21. The van der Waals surface area contributed by atoms with Crippen LogP contribution in [0.4, 0.5) is 0 Å². The Hall–Kier alpha value is -1.35. The number of hydrogen-bond acceptors (Lipinski definition) is 2. The molecule has 0 radical (unpaired) electrons. The Morgan fingerprint density at radius 1 is 1.38 bits per heavy atom. The minimum Gasteiger partial charge on any atom is -0.342 e. The van der Waals surface area contributed by atoms with E-state index in [9.17, 15) is 0 Å². The Bertz CT molecular complexity index is 511. The number of benzene rings is 1. The number of aromatic amines is 1. The lowest BCUT2D eigenvalue weighted by molar-refractivity contribution is 0.297. The van der Waals surface area contributed by atoms with Crippen LogP contribution >= 0.6 is 0 Å². The normalized spacial score (nSPS) is 18.6. The first-order chi connectivity index (χ1) is 7.75. The molecule has 1 saturated heterocycles. The number of imidazole rings is 1. The first-order valence-corrected chi connectivity index (χ1v) is 5.91. The van der Waals surface area contributed by atoms with Crippen LogP contribution in [-0.2, 0) is 0 Å². The molecule has 1 atom stereocenters. The van der Waals surface area contributed by atoms with E-state index in [-0.39, 0.29) is 0 Å². The molecule has 3 heteroatoms. The van der Waals surface area contributed by atoms with Crippen molar-refractivity contribution < 1.29 is 0 Å². The van der Waals surface area contributed by atoms with E-state index in [0.717, 1.165) is 35.9 Å². The average molecular weight is 215 g/mol. The van der Waals surface area contributed by atoms with E-state index in [4.69, 9.17) is 4.98 Å². The van der Waals surface area contributed by atoms with Gasteiger partial charge in [0.05, 0.1) is 11.0 Å². The van der Waals surface area contributed by atoms with Crippen LogP contribution in [-0.4, -0.2) is 23.1 Å². The number of aryl methyl sites for hydroxylation is 1. The number of aromatic nitrogens is 2. The molecule has 1 aliphatic rings. The van der Waals surface area contributed by atoms with E-state index < -0.39 is 0 Å². The van der Waals surface area contributed by atoms with Crippen molar-refractivity contribution in [3.05, 3.63) is 29.6 Å². The molecule has 84 valence electrons. The molecule has 2 N–H and O–H groups in total. The van der Waals surface area contributed by atoms with Gasteiger partial charge in [-0.1, -0.05) is 19.1 Å². The smallest absolute Gasteiger partial charge is 0.110 e. The third kappa shape index (κ3) is 1.43. The van der Waals surface area contributed by atoms with Gasteiger partial charge in [0.1, 0.15) is 5.82 Å². The van der Waals surface area contributed by atoms with Gasteiger partial charge in [0, 0.05) is 5.92 Å². The van der Waals surface area contributed by atoms with Crippen molar-refractivity contribution in [1.82, 2.24) is 15.3 Å². The summed E-state index contributed by atoms with van der Waals surface area (Å²) >= 11 is 0. The topological polar surface area (TPSA) is 40.7 Å².